The maximum absolute atomic E-state index is 11.2. The molecule has 8 heteroatoms. The first-order chi connectivity index (χ1) is 8.91. The predicted molar refractivity (Wildman–Crippen MR) is 70.7 cm³/mol. The van der Waals surface area contributed by atoms with Crippen LogP contribution in [0.2, 0.25) is 0 Å². The molecule has 2 N–H and O–H groups in total. The topological polar surface area (TPSA) is 94.1 Å². The predicted octanol–water partition coefficient (Wildman–Crippen LogP) is 1.32. The van der Waals surface area contributed by atoms with Crippen molar-refractivity contribution < 1.29 is 28.0 Å². The zero-order valence-electron chi connectivity index (χ0n) is 11.8. The zero-order valence-corrected chi connectivity index (χ0v) is 12.7. The summed E-state index contributed by atoms with van der Waals surface area (Å²) in [5, 5.41) is 2.71. The van der Waals surface area contributed by atoms with Crippen LogP contribution >= 0.6 is 7.82 Å². The molecule has 2 atom stereocenters. The first-order valence-electron chi connectivity index (χ1n) is 6.17. The van der Waals surface area contributed by atoms with E-state index in [2.05, 4.69) is 9.84 Å². The zero-order chi connectivity index (χ0) is 14.7. The Bertz CT molecular complexity index is 299. The van der Waals surface area contributed by atoms with E-state index in [1.807, 2.05) is 0 Å². The third kappa shape index (κ3) is 11.1. The lowest BCUT2D eigenvalue weighted by Gasteiger charge is -2.17. The van der Waals surface area contributed by atoms with Gasteiger partial charge in [0.25, 0.3) is 0 Å². The Morgan fingerprint density at radius 1 is 1.32 bits per heavy atom. The monoisotopic (exact) mass is 297 g/mol. The Morgan fingerprint density at radius 2 is 2.00 bits per heavy atom. The molecule has 0 rings (SSSR count). The van der Waals surface area contributed by atoms with Crippen LogP contribution in [0, 0.1) is 5.92 Å². The van der Waals surface area contributed by atoms with Gasteiger partial charge in [-0.2, -0.15) is 0 Å². The van der Waals surface area contributed by atoms with Gasteiger partial charge >= 0.3 is 7.82 Å². The number of nitrogens with one attached hydrogen (secondary N) is 1. The van der Waals surface area contributed by atoms with Crippen LogP contribution in [-0.4, -0.2) is 44.8 Å². The highest BCUT2D eigenvalue weighted by molar-refractivity contribution is 7.47. The summed E-state index contributed by atoms with van der Waals surface area (Å²) >= 11 is 0. The number of phosphoric acid groups is 1. The molecule has 114 valence electrons. The fourth-order valence-electron chi connectivity index (χ4n) is 1.53. The Balaban J connectivity index is 3.85. The lowest BCUT2D eigenvalue weighted by molar-refractivity contribution is -0.118. The molecule has 0 saturated heterocycles. The summed E-state index contributed by atoms with van der Waals surface area (Å²) < 4.78 is 25.4. The lowest BCUT2D eigenvalue weighted by atomic mass is 10.0. The molecule has 0 heterocycles. The third-order valence-corrected chi connectivity index (χ3v) is 3.46. The second kappa shape index (κ2) is 10.3. The molecule has 0 radical (unpaired) electrons. The van der Waals surface area contributed by atoms with Gasteiger partial charge in [-0.05, 0) is 12.8 Å². The average Bonchev–Trinajstić information content (AvgIpc) is 2.35. The van der Waals surface area contributed by atoms with Crippen molar-refractivity contribution in [3.8, 4) is 0 Å². The van der Waals surface area contributed by atoms with Crippen LogP contribution in [0.5, 0.6) is 0 Å². The van der Waals surface area contributed by atoms with Crippen molar-refractivity contribution in [1.82, 2.24) is 5.32 Å². The summed E-state index contributed by atoms with van der Waals surface area (Å²) in [4.78, 5) is 19.8. The smallest absolute Gasteiger partial charge is 0.384 e. The summed E-state index contributed by atoms with van der Waals surface area (Å²) in [5.74, 6) is -0.0176. The summed E-state index contributed by atoms with van der Waals surface area (Å²) in [6.45, 7) is 2.66. The molecular weight excluding hydrogens is 273 g/mol. The SMILES string of the molecule is COCC(CCCCNC(C)=O)COP(=O)(O)OC. The Morgan fingerprint density at radius 3 is 2.53 bits per heavy atom. The quantitative estimate of drug-likeness (QED) is 0.441. The molecule has 0 spiro atoms. The Kier molecular flexibility index (Phi) is 10.1. The van der Waals surface area contributed by atoms with E-state index < -0.39 is 7.82 Å². The first-order valence-corrected chi connectivity index (χ1v) is 7.67. The summed E-state index contributed by atoms with van der Waals surface area (Å²) in [6.07, 6.45) is 2.51. The number of amides is 1. The van der Waals surface area contributed by atoms with Crippen molar-refractivity contribution in [2.24, 2.45) is 5.92 Å². The largest absolute Gasteiger partial charge is 0.471 e. The van der Waals surface area contributed by atoms with Crippen molar-refractivity contribution in [3.05, 3.63) is 0 Å². The molecule has 0 fully saturated rings. The summed E-state index contributed by atoms with van der Waals surface area (Å²) in [5.41, 5.74) is 0. The van der Waals surface area contributed by atoms with Gasteiger partial charge in [0.05, 0.1) is 13.2 Å². The second-order valence-corrected chi connectivity index (χ2v) is 5.81. The second-order valence-electron chi connectivity index (χ2n) is 4.25. The maximum Gasteiger partial charge on any atom is 0.471 e. The molecule has 0 aliphatic rings. The lowest BCUT2D eigenvalue weighted by Crippen LogP contribution is -2.21. The number of carbonyl (C=O) groups is 1. The minimum atomic E-state index is -3.92. The van der Waals surface area contributed by atoms with Crippen LogP contribution in [0.3, 0.4) is 0 Å². The van der Waals surface area contributed by atoms with Gasteiger partial charge in [0.1, 0.15) is 0 Å². The summed E-state index contributed by atoms with van der Waals surface area (Å²) in [6, 6.07) is 0. The highest BCUT2D eigenvalue weighted by Crippen LogP contribution is 2.42. The van der Waals surface area contributed by atoms with E-state index in [0.717, 1.165) is 26.4 Å². The van der Waals surface area contributed by atoms with Crippen LogP contribution in [0.4, 0.5) is 0 Å². The number of ether oxygens (including phenoxy) is 1. The molecule has 1 amide bonds. The highest BCUT2D eigenvalue weighted by Gasteiger charge is 2.21. The van der Waals surface area contributed by atoms with E-state index in [-0.39, 0.29) is 18.4 Å². The molecule has 0 bridgehead atoms. The van der Waals surface area contributed by atoms with Gasteiger partial charge in [-0.15, -0.1) is 0 Å². The number of carbonyl (C=O) groups excluding carboxylic acids is 1. The van der Waals surface area contributed by atoms with E-state index in [4.69, 9.17) is 14.2 Å². The number of phosphoric ester groups is 1. The van der Waals surface area contributed by atoms with Gasteiger partial charge in [0.2, 0.25) is 5.91 Å². The minimum Gasteiger partial charge on any atom is -0.384 e. The molecule has 0 aliphatic carbocycles. The minimum absolute atomic E-state index is 0.0259. The normalized spacial score (nSPS) is 15.8. The van der Waals surface area contributed by atoms with Gasteiger partial charge in [0.15, 0.2) is 0 Å². The van der Waals surface area contributed by atoms with Crippen LogP contribution < -0.4 is 5.32 Å². The van der Waals surface area contributed by atoms with Crippen molar-refractivity contribution in [1.29, 1.82) is 0 Å². The molecule has 2 unspecified atom stereocenters. The highest BCUT2D eigenvalue weighted by atomic mass is 31.2. The van der Waals surface area contributed by atoms with Crippen LogP contribution in [0.15, 0.2) is 0 Å². The van der Waals surface area contributed by atoms with Crippen molar-refractivity contribution in [3.63, 3.8) is 0 Å². The number of methoxy groups -OCH3 is 1. The van der Waals surface area contributed by atoms with E-state index in [1.165, 1.54) is 6.92 Å². The first kappa shape index (κ1) is 18.5. The number of rotatable bonds is 11. The van der Waals surface area contributed by atoms with Gasteiger partial charge in [-0.3, -0.25) is 13.8 Å². The number of unbranched alkanes of at least 4 members (excludes halogenated alkanes) is 1. The molecule has 0 aliphatic heterocycles. The van der Waals surface area contributed by atoms with E-state index >= 15 is 0 Å². The van der Waals surface area contributed by atoms with Crippen LogP contribution in [-0.2, 0) is 23.1 Å². The van der Waals surface area contributed by atoms with E-state index in [0.29, 0.717) is 13.2 Å². The Hall–Kier alpha value is -0.460. The van der Waals surface area contributed by atoms with Gasteiger partial charge in [-0.25, -0.2) is 4.57 Å². The Labute approximate surface area is 114 Å². The number of hydrogen-bond acceptors (Lipinski definition) is 5. The van der Waals surface area contributed by atoms with Crippen LogP contribution in [0.25, 0.3) is 0 Å². The molecule has 0 aromatic carbocycles. The molecule has 0 saturated carbocycles. The maximum atomic E-state index is 11.2. The third-order valence-electron chi connectivity index (χ3n) is 2.52. The van der Waals surface area contributed by atoms with E-state index in [1.54, 1.807) is 7.11 Å². The number of hydrogen-bond donors (Lipinski definition) is 2. The fourth-order valence-corrected chi connectivity index (χ4v) is 2.03. The molecule has 0 aromatic rings. The molecule has 7 nitrogen and oxygen atoms in total. The van der Waals surface area contributed by atoms with Gasteiger partial charge in [-0.1, -0.05) is 6.42 Å². The van der Waals surface area contributed by atoms with Crippen molar-refractivity contribution in [2.75, 3.05) is 34.0 Å². The molecule has 0 aromatic heterocycles. The van der Waals surface area contributed by atoms with Gasteiger partial charge in [0, 0.05) is 33.6 Å². The van der Waals surface area contributed by atoms with Crippen molar-refractivity contribution >= 4 is 13.7 Å². The van der Waals surface area contributed by atoms with Gasteiger partial charge < -0.3 is 14.9 Å². The summed E-state index contributed by atoms with van der Waals surface area (Å²) in [7, 11) is -1.23. The average molecular weight is 297 g/mol. The standard InChI is InChI=1S/C11H24NO6P/c1-10(13)12-7-5-4-6-11(8-16-2)9-18-19(14,15)17-3/h11H,4-9H2,1-3H3,(H,12,13)(H,14,15). The van der Waals surface area contributed by atoms with E-state index in [9.17, 15) is 9.36 Å². The molecular formula is C11H24NO6P. The van der Waals surface area contributed by atoms with Crippen LogP contribution in [0.1, 0.15) is 26.2 Å². The fraction of sp³-hybridized carbons (Fsp3) is 0.909. The molecule has 19 heavy (non-hydrogen) atoms. The van der Waals surface area contributed by atoms with Crippen molar-refractivity contribution in [2.45, 2.75) is 26.2 Å².